The van der Waals surface area contributed by atoms with Crippen LogP contribution in [0.2, 0.25) is 0 Å². The van der Waals surface area contributed by atoms with E-state index >= 15 is 0 Å². The lowest BCUT2D eigenvalue weighted by atomic mass is 10.0. The fraction of sp³-hybridized carbons (Fsp3) is 0.250. The molecule has 39 heavy (non-hydrogen) atoms. The van der Waals surface area contributed by atoms with Crippen LogP contribution in [0.25, 0.3) is 22.3 Å². The molecule has 0 unspecified atom stereocenters. The number of halogens is 1. The molecule has 1 aliphatic carbocycles. The number of nitrogens with one attached hydrogen (secondary N) is 2. The zero-order valence-corrected chi connectivity index (χ0v) is 22.2. The van der Waals surface area contributed by atoms with Crippen molar-refractivity contribution in [2.24, 2.45) is 0 Å². The van der Waals surface area contributed by atoms with Gasteiger partial charge in [-0.3, -0.25) is 4.31 Å². The van der Waals surface area contributed by atoms with Crippen LogP contribution in [0.4, 0.5) is 26.2 Å². The Bertz CT molecular complexity index is 1610. The maximum atomic E-state index is 13.2. The number of hydrogen-bond donors (Lipinski definition) is 3. The molecule has 1 heterocycles. The molecule has 11 heteroatoms. The van der Waals surface area contributed by atoms with E-state index in [1.54, 1.807) is 30.3 Å². The number of rotatable bonds is 9. The van der Waals surface area contributed by atoms with Crippen molar-refractivity contribution in [3.8, 4) is 17.1 Å². The van der Waals surface area contributed by atoms with Crippen LogP contribution in [-0.4, -0.2) is 46.1 Å². The minimum atomic E-state index is -3.68. The number of carbonyl (C=O) groups is 1. The van der Waals surface area contributed by atoms with Gasteiger partial charge in [-0.25, -0.2) is 17.6 Å². The topological polar surface area (TPSA) is 121 Å². The molecule has 0 bridgehead atoms. The zero-order valence-electron chi connectivity index (χ0n) is 21.4. The number of carbonyl (C=O) groups excluding carboxylic acids is 1. The lowest BCUT2D eigenvalue weighted by Crippen LogP contribution is -2.33. The third-order valence-electron chi connectivity index (χ3n) is 6.46. The van der Waals surface area contributed by atoms with Crippen molar-refractivity contribution >= 4 is 44.1 Å². The molecule has 1 aromatic heterocycles. The van der Waals surface area contributed by atoms with Crippen molar-refractivity contribution in [2.75, 3.05) is 36.1 Å². The molecule has 0 spiro atoms. The summed E-state index contributed by atoms with van der Waals surface area (Å²) in [7, 11) is -2.23. The van der Waals surface area contributed by atoms with E-state index in [2.05, 4.69) is 10.6 Å². The number of sulfonamides is 1. The maximum Gasteiger partial charge on any atom is 0.412 e. The molecule has 4 aromatic rings. The molecule has 5 rings (SSSR count). The van der Waals surface area contributed by atoms with Gasteiger partial charge in [0.05, 0.1) is 30.5 Å². The summed E-state index contributed by atoms with van der Waals surface area (Å²) in [4.78, 5) is 12.3. The lowest BCUT2D eigenvalue weighted by molar-refractivity contribution is 0.203. The van der Waals surface area contributed by atoms with E-state index < -0.39 is 16.1 Å². The van der Waals surface area contributed by atoms with E-state index in [4.69, 9.17) is 9.15 Å². The average molecular weight is 554 g/mol. The van der Waals surface area contributed by atoms with E-state index in [9.17, 15) is 22.7 Å². The Morgan fingerprint density at radius 1 is 1.10 bits per heavy atom. The van der Waals surface area contributed by atoms with Crippen LogP contribution in [0.5, 0.6) is 5.75 Å². The lowest BCUT2D eigenvalue weighted by Gasteiger charge is -2.24. The molecule has 204 valence electrons. The molecule has 3 aromatic carbocycles. The number of hydrogen-bond acceptors (Lipinski definition) is 7. The monoisotopic (exact) mass is 553 g/mol. The minimum Gasteiger partial charge on any atom is -0.452 e. The summed E-state index contributed by atoms with van der Waals surface area (Å²) < 4.78 is 51.4. The summed E-state index contributed by atoms with van der Waals surface area (Å²) in [6, 6.07) is 16.6. The van der Waals surface area contributed by atoms with Gasteiger partial charge in [0.1, 0.15) is 11.4 Å². The molecule has 3 N–H and O–H groups in total. The smallest absolute Gasteiger partial charge is 0.412 e. The summed E-state index contributed by atoms with van der Waals surface area (Å²) in [5, 5.41) is 15.7. The molecule has 0 saturated heterocycles. The van der Waals surface area contributed by atoms with Gasteiger partial charge in [-0.05, 0) is 78.9 Å². The third kappa shape index (κ3) is 5.69. The first kappa shape index (κ1) is 26.5. The van der Waals surface area contributed by atoms with Crippen LogP contribution in [0.3, 0.4) is 0 Å². The summed E-state index contributed by atoms with van der Waals surface area (Å²) in [5.41, 5.74) is 3.65. The van der Waals surface area contributed by atoms with Crippen molar-refractivity contribution in [1.29, 1.82) is 0 Å². The van der Waals surface area contributed by atoms with Crippen LogP contribution < -0.4 is 19.7 Å². The van der Waals surface area contributed by atoms with Gasteiger partial charge in [-0.1, -0.05) is 0 Å². The van der Waals surface area contributed by atoms with Gasteiger partial charge < -0.3 is 24.9 Å². The molecule has 1 saturated carbocycles. The maximum absolute atomic E-state index is 13.2. The Balaban J connectivity index is 1.60. The highest BCUT2D eigenvalue weighted by Crippen LogP contribution is 2.49. The minimum absolute atomic E-state index is 0.0955. The van der Waals surface area contributed by atoms with Crippen LogP contribution in [0.15, 0.2) is 65.1 Å². The normalized spacial score (nSPS) is 13.3. The van der Waals surface area contributed by atoms with E-state index in [1.807, 2.05) is 18.2 Å². The number of furan rings is 1. The van der Waals surface area contributed by atoms with Crippen molar-refractivity contribution in [2.45, 2.75) is 18.8 Å². The quantitative estimate of drug-likeness (QED) is 0.256. The summed E-state index contributed by atoms with van der Waals surface area (Å²) in [6.45, 7) is -0.441. The van der Waals surface area contributed by atoms with Crippen LogP contribution >= 0.6 is 0 Å². The third-order valence-corrected chi connectivity index (χ3v) is 7.64. The SMILES string of the molecule is CNC(=O)Oc1c(-c2ccc(Nc3ccc(F)cc3)cc2)oc2cc(N(CCO)S(C)(=O)=O)c(C3CC3)cc12. The highest BCUT2D eigenvalue weighted by molar-refractivity contribution is 7.92. The first-order valence-corrected chi connectivity index (χ1v) is 14.2. The van der Waals surface area contributed by atoms with Crippen LogP contribution in [0.1, 0.15) is 24.3 Å². The van der Waals surface area contributed by atoms with Gasteiger partial charge in [0.25, 0.3) is 0 Å². The van der Waals surface area contributed by atoms with Gasteiger partial charge in [0, 0.05) is 30.1 Å². The number of fused-ring (bicyclic) bond motifs is 1. The highest BCUT2D eigenvalue weighted by Gasteiger charge is 2.32. The Labute approximate surface area is 225 Å². The fourth-order valence-corrected chi connectivity index (χ4v) is 5.39. The van der Waals surface area contributed by atoms with Crippen molar-refractivity contribution in [1.82, 2.24) is 5.32 Å². The molecular weight excluding hydrogens is 525 g/mol. The van der Waals surface area contributed by atoms with Gasteiger partial charge in [0.15, 0.2) is 11.5 Å². The Morgan fingerprint density at radius 3 is 2.31 bits per heavy atom. The number of nitrogens with zero attached hydrogens (tertiary/aromatic N) is 1. The first-order chi connectivity index (χ1) is 18.7. The molecule has 0 aliphatic heterocycles. The average Bonchev–Trinajstić information content (AvgIpc) is 3.70. The number of aliphatic hydroxyl groups is 1. The second-order valence-electron chi connectivity index (χ2n) is 9.35. The summed E-state index contributed by atoms with van der Waals surface area (Å²) >= 11 is 0. The van der Waals surface area contributed by atoms with E-state index in [1.165, 1.54) is 23.5 Å². The Morgan fingerprint density at radius 2 is 1.74 bits per heavy atom. The molecule has 0 atom stereocenters. The van der Waals surface area contributed by atoms with Gasteiger partial charge >= 0.3 is 6.09 Å². The predicted molar refractivity (Wildman–Crippen MR) is 148 cm³/mol. The van der Waals surface area contributed by atoms with E-state index in [0.29, 0.717) is 28.0 Å². The zero-order chi connectivity index (χ0) is 27.7. The van der Waals surface area contributed by atoms with Crippen molar-refractivity contribution < 1.29 is 31.9 Å². The molecule has 9 nitrogen and oxygen atoms in total. The molecule has 1 amide bonds. The fourth-order valence-electron chi connectivity index (χ4n) is 4.46. The number of benzene rings is 3. The Kier molecular flexibility index (Phi) is 7.19. The van der Waals surface area contributed by atoms with Gasteiger partial charge in [-0.15, -0.1) is 0 Å². The largest absolute Gasteiger partial charge is 0.452 e. The molecule has 0 radical (unpaired) electrons. The Hall–Kier alpha value is -4.09. The number of anilines is 3. The highest BCUT2D eigenvalue weighted by atomic mass is 32.2. The van der Waals surface area contributed by atoms with Gasteiger partial charge in [-0.2, -0.15) is 0 Å². The first-order valence-electron chi connectivity index (χ1n) is 12.4. The number of amides is 1. The van der Waals surface area contributed by atoms with Crippen molar-refractivity contribution in [3.05, 3.63) is 72.0 Å². The van der Waals surface area contributed by atoms with Gasteiger partial charge in [0.2, 0.25) is 10.0 Å². The number of aliphatic hydroxyl groups excluding tert-OH is 1. The summed E-state index contributed by atoms with van der Waals surface area (Å²) in [5.74, 6) is 0.336. The standard InChI is InChI=1S/C28H28FN3O6S/c1-30-28(34)38-27-23-15-22(17-3-4-17)24(32(13-14-33)39(2,35)36)16-25(23)37-26(27)18-5-9-20(10-6-18)31-21-11-7-19(29)8-12-21/h5-12,15-17,31,33H,3-4,13-14H2,1-2H3,(H,30,34). The van der Waals surface area contributed by atoms with Crippen LogP contribution in [0, 0.1) is 5.82 Å². The van der Waals surface area contributed by atoms with E-state index in [-0.39, 0.29) is 30.6 Å². The van der Waals surface area contributed by atoms with Crippen molar-refractivity contribution in [3.63, 3.8) is 0 Å². The second kappa shape index (κ2) is 10.6. The van der Waals surface area contributed by atoms with Crippen LogP contribution in [-0.2, 0) is 10.0 Å². The predicted octanol–water partition coefficient (Wildman–Crippen LogP) is 5.34. The molecular formula is C28H28FN3O6S. The second-order valence-corrected chi connectivity index (χ2v) is 11.3. The molecule has 1 aliphatic rings. The summed E-state index contributed by atoms with van der Waals surface area (Å²) in [6.07, 6.45) is 2.21. The van der Waals surface area contributed by atoms with E-state index in [0.717, 1.165) is 36.0 Å². The molecule has 1 fully saturated rings. The number of ether oxygens (including phenoxy) is 1.